The second kappa shape index (κ2) is 7.50. The highest BCUT2D eigenvalue weighted by molar-refractivity contribution is 7.98. The van der Waals surface area contributed by atoms with Crippen LogP contribution in [0.15, 0.2) is 31.9 Å². The van der Waals surface area contributed by atoms with E-state index in [9.17, 15) is 4.79 Å². The molecule has 0 saturated heterocycles. The fraction of sp³-hybridized carbons (Fsp3) is 0.350. The standard InChI is InChI=1S/C20H21N3O2S3/c1-10(2)23-19(24)16-11(3)13(5)28-18(16)22-20(23)27-9-14-12(4)25-17(21-14)15-7-6-8-26-15/h6-8,10H,9H2,1-5H3. The van der Waals surface area contributed by atoms with Gasteiger partial charge in [0.05, 0.1) is 16.0 Å². The largest absolute Gasteiger partial charge is 0.440 e. The highest BCUT2D eigenvalue weighted by Gasteiger charge is 2.20. The van der Waals surface area contributed by atoms with E-state index in [1.54, 1.807) is 27.2 Å². The maximum atomic E-state index is 13.1. The number of nitrogens with zero attached hydrogens (tertiary/aromatic N) is 3. The summed E-state index contributed by atoms with van der Waals surface area (Å²) in [7, 11) is 0. The highest BCUT2D eigenvalue weighted by atomic mass is 32.2. The number of thioether (sulfide) groups is 1. The summed E-state index contributed by atoms with van der Waals surface area (Å²) in [6.45, 7) is 10.0. The van der Waals surface area contributed by atoms with Crippen molar-refractivity contribution in [3.63, 3.8) is 0 Å². The average molecular weight is 432 g/mol. The first kappa shape index (κ1) is 19.4. The van der Waals surface area contributed by atoms with Crippen LogP contribution in [0.25, 0.3) is 21.0 Å². The van der Waals surface area contributed by atoms with Gasteiger partial charge in [-0.1, -0.05) is 17.8 Å². The second-order valence-electron chi connectivity index (χ2n) is 6.91. The van der Waals surface area contributed by atoms with E-state index in [4.69, 9.17) is 9.40 Å². The number of aromatic nitrogens is 3. The van der Waals surface area contributed by atoms with E-state index >= 15 is 0 Å². The average Bonchev–Trinajstić information content (AvgIpc) is 3.34. The van der Waals surface area contributed by atoms with E-state index in [1.807, 2.05) is 52.1 Å². The first-order valence-electron chi connectivity index (χ1n) is 9.02. The van der Waals surface area contributed by atoms with Gasteiger partial charge in [-0.25, -0.2) is 9.97 Å². The SMILES string of the molecule is Cc1oc(-c2cccs2)nc1CSc1nc2sc(C)c(C)c2c(=O)n1C(C)C. The van der Waals surface area contributed by atoms with Crippen molar-refractivity contribution in [3.8, 4) is 10.8 Å². The lowest BCUT2D eigenvalue weighted by atomic mass is 10.2. The van der Waals surface area contributed by atoms with Gasteiger partial charge in [0.15, 0.2) is 5.16 Å². The van der Waals surface area contributed by atoms with Crippen molar-refractivity contribution >= 4 is 44.7 Å². The van der Waals surface area contributed by atoms with Crippen LogP contribution in [0.2, 0.25) is 0 Å². The maximum absolute atomic E-state index is 13.1. The molecule has 0 aromatic carbocycles. The molecular weight excluding hydrogens is 410 g/mol. The molecule has 0 aliphatic rings. The number of aryl methyl sites for hydroxylation is 3. The number of oxazole rings is 1. The smallest absolute Gasteiger partial charge is 0.263 e. The topological polar surface area (TPSA) is 60.9 Å². The zero-order chi connectivity index (χ0) is 20.0. The Labute approximate surface area is 175 Å². The van der Waals surface area contributed by atoms with E-state index in [0.29, 0.717) is 11.6 Å². The molecule has 8 heteroatoms. The first-order valence-corrected chi connectivity index (χ1v) is 11.7. The Kier molecular flexibility index (Phi) is 5.20. The van der Waals surface area contributed by atoms with Crippen molar-refractivity contribution in [2.45, 2.75) is 51.6 Å². The third-order valence-corrected chi connectivity index (χ3v) is 7.60. The molecule has 4 aromatic heterocycles. The second-order valence-corrected chi connectivity index (χ2v) is 10.0. The minimum absolute atomic E-state index is 0.0339. The molecule has 0 spiro atoms. The molecule has 0 saturated carbocycles. The lowest BCUT2D eigenvalue weighted by Crippen LogP contribution is -2.25. The summed E-state index contributed by atoms with van der Waals surface area (Å²) in [5.41, 5.74) is 1.97. The lowest BCUT2D eigenvalue weighted by molar-refractivity contribution is 0.519. The molecule has 4 rings (SSSR count). The van der Waals surface area contributed by atoms with Gasteiger partial charge in [-0.3, -0.25) is 9.36 Å². The summed E-state index contributed by atoms with van der Waals surface area (Å²) >= 11 is 4.73. The van der Waals surface area contributed by atoms with Crippen LogP contribution in [-0.2, 0) is 5.75 Å². The maximum Gasteiger partial charge on any atom is 0.263 e. The van der Waals surface area contributed by atoms with Gasteiger partial charge in [0.25, 0.3) is 5.56 Å². The number of hydrogen-bond donors (Lipinski definition) is 0. The van der Waals surface area contributed by atoms with Crippen LogP contribution < -0.4 is 5.56 Å². The Morgan fingerprint density at radius 2 is 2.04 bits per heavy atom. The molecule has 4 heterocycles. The Hall–Kier alpha value is -1.90. The minimum atomic E-state index is 0.0339. The van der Waals surface area contributed by atoms with Crippen molar-refractivity contribution in [1.82, 2.24) is 14.5 Å². The Morgan fingerprint density at radius 1 is 1.25 bits per heavy atom. The molecule has 28 heavy (non-hydrogen) atoms. The van der Waals surface area contributed by atoms with Crippen molar-refractivity contribution in [3.05, 3.63) is 49.8 Å². The van der Waals surface area contributed by atoms with Gasteiger partial charge >= 0.3 is 0 Å². The molecule has 5 nitrogen and oxygen atoms in total. The number of fused-ring (bicyclic) bond motifs is 1. The van der Waals surface area contributed by atoms with Crippen LogP contribution in [0.1, 0.15) is 41.8 Å². The van der Waals surface area contributed by atoms with E-state index in [1.165, 1.54) is 11.8 Å². The van der Waals surface area contributed by atoms with Crippen molar-refractivity contribution in [2.75, 3.05) is 0 Å². The fourth-order valence-electron chi connectivity index (χ4n) is 3.05. The third kappa shape index (κ3) is 3.33. The summed E-state index contributed by atoms with van der Waals surface area (Å²) in [5.74, 6) is 2.06. The predicted octanol–water partition coefficient (Wildman–Crippen LogP) is 5.97. The van der Waals surface area contributed by atoms with E-state index in [2.05, 4.69) is 4.98 Å². The molecule has 4 aromatic rings. The summed E-state index contributed by atoms with van der Waals surface area (Å²) in [4.78, 5) is 25.6. The van der Waals surface area contributed by atoms with Gasteiger partial charge in [-0.2, -0.15) is 0 Å². The first-order chi connectivity index (χ1) is 13.4. The molecule has 0 amide bonds. The molecular formula is C20H21N3O2S3. The molecule has 0 bridgehead atoms. The zero-order valence-corrected chi connectivity index (χ0v) is 18.8. The van der Waals surface area contributed by atoms with Crippen LogP contribution in [0.5, 0.6) is 0 Å². The lowest BCUT2D eigenvalue weighted by Gasteiger charge is -2.15. The summed E-state index contributed by atoms with van der Waals surface area (Å²) in [6, 6.07) is 4.02. The van der Waals surface area contributed by atoms with Gasteiger partial charge in [-0.05, 0) is 51.6 Å². The summed E-state index contributed by atoms with van der Waals surface area (Å²) < 4.78 is 7.63. The van der Waals surface area contributed by atoms with Crippen LogP contribution in [0.3, 0.4) is 0 Å². The van der Waals surface area contributed by atoms with Crippen molar-refractivity contribution < 1.29 is 4.42 Å². The Balaban J connectivity index is 1.70. The molecule has 0 radical (unpaired) electrons. The van der Waals surface area contributed by atoms with Gasteiger partial charge in [0.2, 0.25) is 5.89 Å². The molecule has 0 fully saturated rings. The quantitative estimate of drug-likeness (QED) is 0.288. The predicted molar refractivity (Wildman–Crippen MR) is 118 cm³/mol. The van der Waals surface area contributed by atoms with Gasteiger partial charge in [0, 0.05) is 16.7 Å². The third-order valence-electron chi connectivity index (χ3n) is 4.68. The van der Waals surface area contributed by atoms with Crippen LogP contribution in [0, 0.1) is 20.8 Å². The zero-order valence-electron chi connectivity index (χ0n) is 16.4. The van der Waals surface area contributed by atoms with E-state index in [-0.39, 0.29) is 11.6 Å². The Bertz CT molecular complexity index is 1200. The van der Waals surface area contributed by atoms with Crippen molar-refractivity contribution in [1.29, 1.82) is 0 Å². The minimum Gasteiger partial charge on any atom is -0.440 e. The molecule has 0 N–H and O–H groups in total. The number of hydrogen-bond acceptors (Lipinski definition) is 7. The van der Waals surface area contributed by atoms with Crippen LogP contribution in [0.4, 0.5) is 0 Å². The van der Waals surface area contributed by atoms with E-state index in [0.717, 1.165) is 42.1 Å². The van der Waals surface area contributed by atoms with Crippen LogP contribution in [-0.4, -0.2) is 14.5 Å². The molecule has 146 valence electrons. The fourth-order valence-corrected chi connectivity index (χ4v) is 5.89. The summed E-state index contributed by atoms with van der Waals surface area (Å²) in [5, 5.41) is 3.49. The van der Waals surface area contributed by atoms with Crippen molar-refractivity contribution in [2.24, 2.45) is 0 Å². The molecule has 0 aliphatic carbocycles. The van der Waals surface area contributed by atoms with Crippen LogP contribution >= 0.6 is 34.4 Å². The number of rotatable bonds is 5. The monoisotopic (exact) mass is 431 g/mol. The Morgan fingerprint density at radius 3 is 2.71 bits per heavy atom. The molecule has 0 atom stereocenters. The van der Waals surface area contributed by atoms with Gasteiger partial charge < -0.3 is 4.42 Å². The molecule has 0 unspecified atom stereocenters. The van der Waals surface area contributed by atoms with E-state index < -0.39 is 0 Å². The highest BCUT2D eigenvalue weighted by Crippen LogP contribution is 2.32. The normalized spacial score (nSPS) is 11.8. The number of thiophene rings is 2. The summed E-state index contributed by atoms with van der Waals surface area (Å²) in [6.07, 6.45) is 0. The van der Waals surface area contributed by atoms with Gasteiger partial charge in [0.1, 0.15) is 10.6 Å². The van der Waals surface area contributed by atoms with Gasteiger partial charge in [-0.15, -0.1) is 22.7 Å². The molecule has 0 aliphatic heterocycles.